The number of carbonyl (C=O) groups excluding carboxylic acids is 1. The maximum absolute atomic E-state index is 12.0. The van der Waals surface area contributed by atoms with Crippen molar-refractivity contribution in [3.05, 3.63) is 47.2 Å². The highest BCUT2D eigenvalue weighted by atomic mass is 35.5. The Bertz CT molecular complexity index is 551. The van der Waals surface area contributed by atoms with Gasteiger partial charge in [-0.25, -0.2) is 0 Å². The lowest BCUT2D eigenvalue weighted by molar-refractivity contribution is -0.119. The fraction of sp³-hybridized carbons (Fsp3) is 0.231. The van der Waals surface area contributed by atoms with Gasteiger partial charge in [0.2, 0.25) is 5.91 Å². The minimum atomic E-state index is -0.361. The molecule has 94 valence electrons. The summed E-state index contributed by atoms with van der Waals surface area (Å²) in [6.45, 7) is 3.71. The molecule has 2 rings (SSSR count). The number of hydrogen-bond donors (Lipinski definition) is 1. The predicted octanol–water partition coefficient (Wildman–Crippen LogP) is 3.04. The average molecular weight is 264 g/mol. The van der Waals surface area contributed by atoms with Crippen molar-refractivity contribution in [2.75, 3.05) is 5.32 Å². The van der Waals surface area contributed by atoms with Crippen LogP contribution in [-0.2, 0) is 4.79 Å². The van der Waals surface area contributed by atoms with Crippen molar-refractivity contribution >= 4 is 23.2 Å². The van der Waals surface area contributed by atoms with Crippen LogP contribution in [0.4, 0.5) is 5.69 Å². The van der Waals surface area contributed by atoms with Crippen LogP contribution in [-0.4, -0.2) is 15.7 Å². The molecule has 0 aliphatic rings. The standard InChI is InChI=1S/C13H14ClN3O/c1-9-4-5-11(8-12(9)14)16-13(18)10(2)17-7-3-6-15-17/h3-8,10H,1-2H3,(H,16,18). The van der Waals surface area contributed by atoms with Gasteiger partial charge in [0.15, 0.2) is 0 Å². The van der Waals surface area contributed by atoms with Gasteiger partial charge in [0.05, 0.1) is 0 Å². The zero-order chi connectivity index (χ0) is 13.1. The Balaban J connectivity index is 2.09. The summed E-state index contributed by atoms with van der Waals surface area (Å²) in [5.41, 5.74) is 1.67. The van der Waals surface area contributed by atoms with Crippen LogP contribution in [0.1, 0.15) is 18.5 Å². The molecule has 5 heteroatoms. The molecule has 0 aliphatic carbocycles. The number of nitrogens with zero attached hydrogens (tertiary/aromatic N) is 2. The summed E-state index contributed by atoms with van der Waals surface area (Å²) in [4.78, 5) is 12.0. The van der Waals surface area contributed by atoms with E-state index in [1.165, 1.54) is 0 Å². The molecule has 0 aliphatic heterocycles. The van der Waals surface area contributed by atoms with E-state index in [9.17, 15) is 4.79 Å². The van der Waals surface area contributed by atoms with Gasteiger partial charge in [-0.3, -0.25) is 9.48 Å². The molecular weight excluding hydrogens is 250 g/mol. The van der Waals surface area contributed by atoms with Crippen molar-refractivity contribution in [2.45, 2.75) is 19.9 Å². The van der Waals surface area contributed by atoms with Gasteiger partial charge < -0.3 is 5.32 Å². The predicted molar refractivity (Wildman–Crippen MR) is 71.8 cm³/mol. The lowest BCUT2D eigenvalue weighted by Gasteiger charge is -2.13. The summed E-state index contributed by atoms with van der Waals surface area (Å²) in [6.07, 6.45) is 3.40. The second-order valence-electron chi connectivity index (χ2n) is 4.12. The molecule has 0 radical (unpaired) electrons. The minimum Gasteiger partial charge on any atom is -0.324 e. The number of hydrogen-bond acceptors (Lipinski definition) is 2. The number of aryl methyl sites for hydroxylation is 1. The minimum absolute atomic E-state index is 0.126. The smallest absolute Gasteiger partial charge is 0.248 e. The van der Waals surface area contributed by atoms with Gasteiger partial charge in [0.25, 0.3) is 0 Å². The number of aromatic nitrogens is 2. The van der Waals surface area contributed by atoms with E-state index >= 15 is 0 Å². The molecule has 1 aromatic heterocycles. The van der Waals surface area contributed by atoms with E-state index in [2.05, 4.69) is 10.4 Å². The van der Waals surface area contributed by atoms with Gasteiger partial charge in [0.1, 0.15) is 6.04 Å². The highest BCUT2D eigenvalue weighted by Crippen LogP contribution is 2.20. The summed E-state index contributed by atoms with van der Waals surface area (Å²) >= 11 is 6.01. The van der Waals surface area contributed by atoms with Crippen molar-refractivity contribution < 1.29 is 4.79 Å². The second kappa shape index (κ2) is 5.23. The van der Waals surface area contributed by atoms with Crippen LogP contribution < -0.4 is 5.32 Å². The first-order valence-electron chi connectivity index (χ1n) is 5.64. The van der Waals surface area contributed by atoms with E-state index < -0.39 is 0 Å². The summed E-state index contributed by atoms with van der Waals surface area (Å²) in [7, 11) is 0. The van der Waals surface area contributed by atoms with Gasteiger partial charge in [-0.2, -0.15) is 5.10 Å². The van der Waals surface area contributed by atoms with E-state index in [4.69, 9.17) is 11.6 Å². The van der Waals surface area contributed by atoms with Crippen LogP contribution in [0.2, 0.25) is 5.02 Å². The van der Waals surface area contributed by atoms with Gasteiger partial charge in [0, 0.05) is 23.1 Å². The van der Waals surface area contributed by atoms with Gasteiger partial charge in [-0.15, -0.1) is 0 Å². The lowest BCUT2D eigenvalue weighted by Crippen LogP contribution is -2.23. The van der Waals surface area contributed by atoms with E-state index in [0.29, 0.717) is 10.7 Å². The van der Waals surface area contributed by atoms with Crippen molar-refractivity contribution in [2.24, 2.45) is 0 Å². The second-order valence-corrected chi connectivity index (χ2v) is 4.52. The third-order valence-electron chi connectivity index (χ3n) is 2.74. The Morgan fingerprint density at radius 1 is 1.50 bits per heavy atom. The van der Waals surface area contributed by atoms with Crippen molar-refractivity contribution in [1.82, 2.24) is 9.78 Å². The fourth-order valence-electron chi connectivity index (χ4n) is 1.55. The van der Waals surface area contributed by atoms with E-state index in [1.54, 1.807) is 36.1 Å². The quantitative estimate of drug-likeness (QED) is 0.925. The topological polar surface area (TPSA) is 46.9 Å². The number of rotatable bonds is 3. The summed E-state index contributed by atoms with van der Waals surface area (Å²) < 4.78 is 1.60. The van der Waals surface area contributed by atoms with Crippen LogP contribution in [0.5, 0.6) is 0 Å². The molecule has 1 N–H and O–H groups in total. The number of benzene rings is 1. The fourth-order valence-corrected chi connectivity index (χ4v) is 1.73. The molecule has 0 bridgehead atoms. The maximum Gasteiger partial charge on any atom is 0.248 e. The zero-order valence-electron chi connectivity index (χ0n) is 10.2. The molecule has 18 heavy (non-hydrogen) atoms. The van der Waals surface area contributed by atoms with Crippen LogP contribution in [0.25, 0.3) is 0 Å². The third-order valence-corrected chi connectivity index (χ3v) is 3.15. The zero-order valence-corrected chi connectivity index (χ0v) is 11.0. The van der Waals surface area contributed by atoms with E-state index in [1.807, 2.05) is 19.1 Å². The molecule has 1 heterocycles. The monoisotopic (exact) mass is 263 g/mol. The van der Waals surface area contributed by atoms with Gasteiger partial charge in [-0.1, -0.05) is 17.7 Å². The maximum atomic E-state index is 12.0. The number of amides is 1. The molecule has 0 saturated carbocycles. The Morgan fingerprint density at radius 3 is 2.89 bits per heavy atom. The molecule has 0 spiro atoms. The number of anilines is 1. The highest BCUT2D eigenvalue weighted by molar-refractivity contribution is 6.31. The Morgan fingerprint density at radius 2 is 2.28 bits per heavy atom. The summed E-state index contributed by atoms with van der Waals surface area (Å²) in [5, 5.41) is 7.49. The first-order chi connectivity index (χ1) is 8.58. The molecule has 0 fully saturated rings. The SMILES string of the molecule is Cc1ccc(NC(=O)C(C)n2cccn2)cc1Cl. The summed E-state index contributed by atoms with van der Waals surface area (Å²) in [5.74, 6) is -0.126. The molecule has 1 unspecified atom stereocenters. The van der Waals surface area contributed by atoms with Gasteiger partial charge >= 0.3 is 0 Å². The number of nitrogens with one attached hydrogen (secondary N) is 1. The van der Waals surface area contributed by atoms with E-state index in [-0.39, 0.29) is 11.9 Å². The normalized spacial score (nSPS) is 12.2. The summed E-state index contributed by atoms with van der Waals surface area (Å²) in [6, 6.07) is 6.86. The number of halogens is 1. The molecular formula is C13H14ClN3O. The van der Waals surface area contributed by atoms with Crippen LogP contribution in [0.3, 0.4) is 0 Å². The van der Waals surface area contributed by atoms with Crippen molar-refractivity contribution in [1.29, 1.82) is 0 Å². The molecule has 0 saturated heterocycles. The van der Waals surface area contributed by atoms with Crippen LogP contribution in [0.15, 0.2) is 36.7 Å². The van der Waals surface area contributed by atoms with E-state index in [0.717, 1.165) is 5.56 Å². The average Bonchev–Trinajstić information content (AvgIpc) is 2.86. The third kappa shape index (κ3) is 2.71. The molecule has 1 aromatic carbocycles. The lowest BCUT2D eigenvalue weighted by atomic mass is 10.2. The van der Waals surface area contributed by atoms with Crippen molar-refractivity contribution in [3.63, 3.8) is 0 Å². The number of carbonyl (C=O) groups is 1. The molecule has 1 atom stereocenters. The Labute approximate surface area is 111 Å². The van der Waals surface area contributed by atoms with Crippen LogP contribution >= 0.6 is 11.6 Å². The largest absolute Gasteiger partial charge is 0.324 e. The van der Waals surface area contributed by atoms with Crippen LogP contribution in [0, 0.1) is 6.92 Å². The molecule has 1 amide bonds. The van der Waals surface area contributed by atoms with Crippen molar-refractivity contribution in [3.8, 4) is 0 Å². The highest BCUT2D eigenvalue weighted by Gasteiger charge is 2.15. The first kappa shape index (κ1) is 12.6. The Hall–Kier alpha value is -1.81. The van der Waals surface area contributed by atoms with Gasteiger partial charge in [-0.05, 0) is 37.6 Å². The first-order valence-corrected chi connectivity index (χ1v) is 6.02. The molecule has 4 nitrogen and oxygen atoms in total. The molecule has 2 aromatic rings. The Kier molecular flexibility index (Phi) is 3.67.